The van der Waals surface area contributed by atoms with Gasteiger partial charge in [0, 0.05) is 13.7 Å². The van der Waals surface area contributed by atoms with Crippen LogP contribution in [0.1, 0.15) is 21.7 Å². The maximum absolute atomic E-state index is 12.3. The van der Waals surface area contributed by atoms with Crippen molar-refractivity contribution in [3.8, 4) is 5.69 Å². The quantitative estimate of drug-likeness (QED) is 0.841. The van der Waals surface area contributed by atoms with Crippen LogP contribution in [0.5, 0.6) is 0 Å². The molecule has 0 aliphatic rings. The molecule has 2 N–H and O–H groups in total. The predicted octanol–water partition coefficient (Wildman–Crippen LogP) is 1.23. The summed E-state index contributed by atoms with van der Waals surface area (Å²) in [4.78, 5) is 12.3. The fraction of sp³-hybridized carbons (Fsp3) is 0.375. The number of hydrogen-bond donors (Lipinski definition) is 2. The van der Waals surface area contributed by atoms with E-state index < -0.39 is 6.10 Å². The molecule has 0 spiro atoms. The predicted molar refractivity (Wildman–Crippen MR) is 83.3 cm³/mol. The number of aliphatic hydroxyl groups is 1. The summed E-state index contributed by atoms with van der Waals surface area (Å²) in [6, 6.07) is 9.65. The van der Waals surface area contributed by atoms with Crippen molar-refractivity contribution in [1.29, 1.82) is 0 Å². The summed E-state index contributed by atoms with van der Waals surface area (Å²) in [5.41, 5.74) is 2.86. The number of carbonyl (C=O) groups is 1. The average molecular weight is 303 g/mol. The first-order valence-electron chi connectivity index (χ1n) is 7.11. The van der Waals surface area contributed by atoms with Gasteiger partial charge in [-0.05, 0) is 26.0 Å². The van der Waals surface area contributed by atoms with Gasteiger partial charge >= 0.3 is 0 Å². The molecule has 0 fully saturated rings. The van der Waals surface area contributed by atoms with E-state index in [-0.39, 0.29) is 19.1 Å². The lowest BCUT2D eigenvalue weighted by Crippen LogP contribution is -2.34. The number of nitrogens with zero attached hydrogens (tertiary/aromatic N) is 2. The van der Waals surface area contributed by atoms with Crippen LogP contribution in [-0.2, 0) is 4.74 Å². The van der Waals surface area contributed by atoms with E-state index in [0.29, 0.717) is 11.3 Å². The summed E-state index contributed by atoms with van der Waals surface area (Å²) in [5.74, 6) is -0.243. The number of amides is 1. The third kappa shape index (κ3) is 3.52. The molecule has 2 rings (SSSR count). The van der Waals surface area contributed by atoms with E-state index in [0.717, 1.165) is 11.4 Å². The molecule has 118 valence electrons. The second-order valence-electron chi connectivity index (χ2n) is 5.11. The van der Waals surface area contributed by atoms with Gasteiger partial charge < -0.3 is 15.2 Å². The molecule has 0 saturated carbocycles. The number of rotatable bonds is 6. The number of ether oxygens (including phenoxy) is 1. The first-order chi connectivity index (χ1) is 10.5. The minimum absolute atomic E-state index is 0.141. The number of aromatic nitrogens is 2. The van der Waals surface area contributed by atoms with Crippen molar-refractivity contribution >= 4 is 5.91 Å². The number of methoxy groups -OCH3 is 1. The van der Waals surface area contributed by atoms with Crippen molar-refractivity contribution in [3.63, 3.8) is 0 Å². The molecular formula is C16H21N3O3. The van der Waals surface area contributed by atoms with Gasteiger partial charge in [0.15, 0.2) is 0 Å². The van der Waals surface area contributed by atoms with Crippen molar-refractivity contribution in [3.05, 3.63) is 47.3 Å². The summed E-state index contributed by atoms with van der Waals surface area (Å²) >= 11 is 0. The van der Waals surface area contributed by atoms with Gasteiger partial charge in [0.05, 0.1) is 35.3 Å². The van der Waals surface area contributed by atoms with Gasteiger partial charge in [-0.1, -0.05) is 18.2 Å². The lowest BCUT2D eigenvalue weighted by atomic mass is 10.2. The van der Waals surface area contributed by atoms with Crippen LogP contribution < -0.4 is 5.32 Å². The van der Waals surface area contributed by atoms with Gasteiger partial charge in [0.25, 0.3) is 5.91 Å². The van der Waals surface area contributed by atoms with E-state index in [1.807, 2.05) is 37.3 Å². The molecular weight excluding hydrogens is 282 g/mol. The topological polar surface area (TPSA) is 76.4 Å². The van der Waals surface area contributed by atoms with Gasteiger partial charge in [-0.25, -0.2) is 4.68 Å². The van der Waals surface area contributed by atoms with Gasteiger partial charge in [0.1, 0.15) is 0 Å². The monoisotopic (exact) mass is 303 g/mol. The Morgan fingerprint density at radius 3 is 2.68 bits per heavy atom. The summed E-state index contributed by atoms with van der Waals surface area (Å²) < 4.78 is 6.58. The number of aryl methyl sites for hydroxylation is 1. The summed E-state index contributed by atoms with van der Waals surface area (Å²) in [6.45, 7) is 3.98. The molecule has 1 unspecified atom stereocenters. The first-order valence-corrected chi connectivity index (χ1v) is 7.11. The highest BCUT2D eigenvalue weighted by Crippen LogP contribution is 2.17. The van der Waals surface area contributed by atoms with Crippen LogP contribution in [-0.4, -0.2) is 47.2 Å². The minimum Gasteiger partial charge on any atom is -0.389 e. The molecule has 1 aromatic carbocycles. The molecule has 2 aromatic rings. The Labute approximate surface area is 129 Å². The SMILES string of the molecule is COCC(O)CNC(=O)c1c(C)nn(-c2ccccc2)c1C. The van der Waals surface area contributed by atoms with Crippen LogP contribution in [0.2, 0.25) is 0 Å². The van der Waals surface area contributed by atoms with Crippen LogP contribution in [0.25, 0.3) is 5.69 Å². The molecule has 22 heavy (non-hydrogen) atoms. The number of benzene rings is 1. The highest BCUT2D eigenvalue weighted by molar-refractivity contribution is 5.96. The van der Waals surface area contributed by atoms with E-state index in [9.17, 15) is 9.90 Å². The summed E-state index contributed by atoms with van der Waals surface area (Å²) in [6.07, 6.45) is -0.723. The Kier molecular flexibility index (Phi) is 5.30. The molecule has 6 heteroatoms. The van der Waals surface area contributed by atoms with Gasteiger partial charge in [0.2, 0.25) is 0 Å². The molecule has 0 bridgehead atoms. The molecule has 1 amide bonds. The number of carbonyl (C=O) groups excluding carboxylic acids is 1. The highest BCUT2D eigenvalue weighted by Gasteiger charge is 2.19. The Morgan fingerprint density at radius 1 is 1.36 bits per heavy atom. The molecule has 0 aliphatic carbocycles. The first kappa shape index (κ1) is 16.2. The van der Waals surface area contributed by atoms with Crippen molar-refractivity contribution in [2.75, 3.05) is 20.3 Å². The highest BCUT2D eigenvalue weighted by atomic mass is 16.5. The molecule has 1 aromatic heterocycles. The van der Waals surface area contributed by atoms with Crippen molar-refractivity contribution < 1.29 is 14.6 Å². The Hall–Kier alpha value is -2.18. The van der Waals surface area contributed by atoms with Crippen LogP contribution in [0, 0.1) is 13.8 Å². The van der Waals surface area contributed by atoms with E-state index in [2.05, 4.69) is 10.4 Å². The second-order valence-corrected chi connectivity index (χ2v) is 5.11. The average Bonchev–Trinajstić information content (AvgIpc) is 2.81. The molecule has 0 aliphatic heterocycles. The van der Waals surface area contributed by atoms with Crippen LogP contribution >= 0.6 is 0 Å². The molecule has 6 nitrogen and oxygen atoms in total. The smallest absolute Gasteiger partial charge is 0.255 e. The lowest BCUT2D eigenvalue weighted by Gasteiger charge is -2.11. The maximum atomic E-state index is 12.3. The normalized spacial score (nSPS) is 12.2. The van der Waals surface area contributed by atoms with Crippen molar-refractivity contribution in [2.45, 2.75) is 20.0 Å². The zero-order chi connectivity index (χ0) is 16.1. The Balaban J connectivity index is 2.18. The third-order valence-corrected chi connectivity index (χ3v) is 3.38. The lowest BCUT2D eigenvalue weighted by molar-refractivity contribution is 0.0609. The van der Waals surface area contributed by atoms with Crippen molar-refractivity contribution in [2.24, 2.45) is 0 Å². The molecule has 1 heterocycles. The number of aliphatic hydroxyl groups excluding tert-OH is 1. The fourth-order valence-electron chi connectivity index (χ4n) is 2.34. The van der Waals surface area contributed by atoms with Crippen LogP contribution in [0.4, 0.5) is 0 Å². The zero-order valence-corrected chi connectivity index (χ0v) is 13.0. The Morgan fingerprint density at radius 2 is 2.05 bits per heavy atom. The maximum Gasteiger partial charge on any atom is 0.255 e. The van der Waals surface area contributed by atoms with Crippen LogP contribution in [0.15, 0.2) is 30.3 Å². The van der Waals surface area contributed by atoms with E-state index in [1.54, 1.807) is 11.6 Å². The van der Waals surface area contributed by atoms with E-state index in [1.165, 1.54) is 7.11 Å². The second kappa shape index (κ2) is 7.20. The number of nitrogens with one attached hydrogen (secondary N) is 1. The summed E-state index contributed by atoms with van der Waals surface area (Å²) in [5, 5.41) is 16.7. The largest absolute Gasteiger partial charge is 0.389 e. The number of para-hydroxylation sites is 1. The molecule has 0 radical (unpaired) electrons. The summed E-state index contributed by atoms with van der Waals surface area (Å²) in [7, 11) is 1.50. The minimum atomic E-state index is -0.723. The standard InChI is InChI=1S/C16H21N3O3/c1-11-15(16(21)17-9-14(20)10-22-3)12(2)19(18-11)13-7-5-4-6-8-13/h4-8,14,20H,9-10H2,1-3H3,(H,17,21). The van der Waals surface area contributed by atoms with Gasteiger partial charge in [-0.15, -0.1) is 0 Å². The van der Waals surface area contributed by atoms with Gasteiger partial charge in [-0.2, -0.15) is 5.10 Å². The van der Waals surface area contributed by atoms with E-state index >= 15 is 0 Å². The zero-order valence-electron chi connectivity index (χ0n) is 13.0. The molecule has 1 atom stereocenters. The van der Waals surface area contributed by atoms with Crippen LogP contribution in [0.3, 0.4) is 0 Å². The van der Waals surface area contributed by atoms with Crippen molar-refractivity contribution in [1.82, 2.24) is 15.1 Å². The molecule has 0 saturated heterocycles. The fourth-order valence-corrected chi connectivity index (χ4v) is 2.34. The third-order valence-electron chi connectivity index (χ3n) is 3.38. The Bertz CT molecular complexity index is 638. The van der Waals surface area contributed by atoms with E-state index in [4.69, 9.17) is 4.74 Å². The van der Waals surface area contributed by atoms with Gasteiger partial charge in [-0.3, -0.25) is 4.79 Å². The number of hydrogen-bond acceptors (Lipinski definition) is 4.